The Labute approximate surface area is 162 Å². The summed E-state index contributed by atoms with van der Waals surface area (Å²) in [5.41, 5.74) is 0. The Bertz CT molecular complexity index is 273. The number of hydrogen-bond donors (Lipinski definition) is 0. The van der Waals surface area contributed by atoms with Crippen LogP contribution in [0.1, 0.15) is 89.9 Å². The highest BCUT2D eigenvalue weighted by Gasteiger charge is 2.14. The molecule has 26 heavy (non-hydrogen) atoms. The van der Waals surface area contributed by atoms with Crippen LogP contribution in [-0.4, -0.2) is 45.2 Å². The van der Waals surface area contributed by atoms with E-state index < -0.39 is 6.10 Å². The molecule has 4 heteroatoms. The first-order valence-corrected chi connectivity index (χ1v) is 11.0. The lowest BCUT2D eigenvalue weighted by molar-refractivity contribution is -0.0738. The molecule has 4 nitrogen and oxygen atoms in total. The lowest BCUT2D eigenvalue weighted by atomic mass is 10.1. The van der Waals surface area contributed by atoms with Gasteiger partial charge in [-0.1, -0.05) is 77.6 Å². The molecule has 1 aliphatic heterocycles. The highest BCUT2D eigenvalue weighted by molar-refractivity contribution is 4.61. The first-order chi connectivity index (χ1) is 12.8. The summed E-state index contributed by atoms with van der Waals surface area (Å²) >= 11 is 0. The first-order valence-electron chi connectivity index (χ1n) is 11.0. The number of unbranched alkanes of at least 4 members (excludes halogenated alkanes) is 11. The van der Waals surface area contributed by atoms with E-state index in [1.807, 2.05) is 0 Å². The smallest absolute Gasteiger partial charge is 0.118 e. The Balaban J connectivity index is 1.85. The van der Waals surface area contributed by atoms with Gasteiger partial charge in [-0.15, -0.1) is 0 Å². The van der Waals surface area contributed by atoms with E-state index in [2.05, 4.69) is 6.92 Å². The maximum atomic E-state index is 11.4. The van der Waals surface area contributed by atoms with Crippen molar-refractivity contribution in [2.24, 2.45) is 0 Å². The van der Waals surface area contributed by atoms with Crippen molar-refractivity contribution in [1.82, 2.24) is 0 Å². The zero-order valence-corrected chi connectivity index (χ0v) is 16.9. The summed E-state index contributed by atoms with van der Waals surface area (Å²) in [5.74, 6) is 0. The van der Waals surface area contributed by atoms with E-state index in [0.29, 0.717) is 32.8 Å². The fraction of sp³-hybridized carbons (Fsp3) is 0.955. The second-order valence-corrected chi connectivity index (χ2v) is 7.58. The van der Waals surface area contributed by atoms with Gasteiger partial charge < -0.3 is 14.2 Å². The Hall–Kier alpha value is -0.160. The van der Waals surface area contributed by atoms with Crippen LogP contribution in [0.4, 0.5) is 0 Å². The molecule has 2 atom stereocenters. The quantitative estimate of drug-likeness (QED) is 0.379. The van der Waals surface area contributed by atoms with Crippen LogP contribution in [-0.2, 0) is 19.3 Å². The fourth-order valence-corrected chi connectivity index (χ4v) is 3.28. The van der Waals surface area contributed by atoms with Gasteiger partial charge >= 0.3 is 0 Å². The lowest BCUT2D eigenvalue weighted by Gasteiger charge is -2.20. The molecule has 0 amide bonds. The van der Waals surface area contributed by atoms with Gasteiger partial charge in [-0.2, -0.15) is 0 Å². The molecule has 0 saturated carbocycles. The zero-order chi connectivity index (χ0) is 18.7. The third-order valence-electron chi connectivity index (χ3n) is 5.02. The molecular formula is C22H42O4. The lowest BCUT2D eigenvalue weighted by Crippen LogP contribution is -2.27. The molecule has 2 unspecified atom stereocenters. The summed E-state index contributed by atoms with van der Waals surface area (Å²) in [5, 5.41) is 11.4. The topological polar surface area (TPSA) is 47.6 Å². The first kappa shape index (κ1) is 23.9. The summed E-state index contributed by atoms with van der Waals surface area (Å²) < 4.78 is 16.9. The van der Waals surface area contributed by atoms with Crippen LogP contribution in [0.3, 0.4) is 0 Å². The average Bonchev–Trinajstić information content (AvgIpc) is 2.65. The molecule has 0 aromatic rings. The second kappa shape index (κ2) is 18.2. The monoisotopic (exact) mass is 370 g/mol. The van der Waals surface area contributed by atoms with E-state index in [-0.39, 0.29) is 6.10 Å². The predicted octanol–water partition coefficient (Wildman–Crippen LogP) is 5.51. The van der Waals surface area contributed by atoms with Gasteiger partial charge in [0.05, 0.1) is 19.3 Å². The Kier molecular flexibility index (Phi) is 16.7. The highest BCUT2D eigenvalue weighted by Crippen LogP contribution is 2.12. The van der Waals surface area contributed by atoms with E-state index in [0.717, 1.165) is 25.9 Å². The van der Waals surface area contributed by atoms with Gasteiger partial charge in [-0.3, -0.25) is 0 Å². The van der Waals surface area contributed by atoms with Gasteiger partial charge in [0.15, 0.2) is 0 Å². The fourth-order valence-electron chi connectivity index (χ4n) is 3.28. The van der Waals surface area contributed by atoms with E-state index >= 15 is 0 Å². The van der Waals surface area contributed by atoms with Crippen LogP contribution in [0.15, 0.2) is 0 Å². The summed E-state index contributed by atoms with van der Waals surface area (Å²) in [7, 11) is 0. The van der Waals surface area contributed by atoms with Crippen LogP contribution < -0.4 is 0 Å². The van der Waals surface area contributed by atoms with Gasteiger partial charge in [0.1, 0.15) is 6.10 Å². The van der Waals surface area contributed by atoms with Gasteiger partial charge in [0.25, 0.3) is 0 Å². The average molecular weight is 371 g/mol. The van der Waals surface area contributed by atoms with Crippen LogP contribution in [0, 0.1) is 6.92 Å². The minimum atomic E-state index is -0.647. The molecule has 154 valence electrons. The molecule has 2 radical (unpaired) electrons. The van der Waals surface area contributed by atoms with Crippen molar-refractivity contribution in [3.05, 3.63) is 6.92 Å². The zero-order valence-electron chi connectivity index (χ0n) is 16.9. The molecule has 1 fully saturated rings. The normalized spacial score (nSPS) is 22.4. The number of hydrogen-bond acceptors (Lipinski definition) is 3. The van der Waals surface area contributed by atoms with Crippen molar-refractivity contribution in [1.29, 1.82) is 0 Å². The molecule has 0 aromatic heterocycles. The summed E-state index contributed by atoms with van der Waals surface area (Å²) in [6.07, 6.45) is 16.6. The standard InChI is InChI=1S/C22H42O4/c1-2-3-4-5-6-7-8-9-10-11-12-13-16-26-22-15-18-24-19-21(23)14-17-25-20-22/h21-22H,1-20H2. The summed E-state index contributed by atoms with van der Waals surface area (Å²) in [6, 6.07) is 0. The van der Waals surface area contributed by atoms with Gasteiger partial charge in [-0.25, -0.2) is 5.11 Å². The van der Waals surface area contributed by atoms with Crippen LogP contribution in [0.5, 0.6) is 0 Å². The molecule has 0 aromatic carbocycles. The Morgan fingerprint density at radius 3 is 1.92 bits per heavy atom. The molecule has 0 spiro atoms. The highest BCUT2D eigenvalue weighted by atomic mass is 16.5. The maximum Gasteiger partial charge on any atom is 0.118 e. The van der Waals surface area contributed by atoms with Crippen molar-refractivity contribution in [2.75, 3.05) is 33.0 Å². The van der Waals surface area contributed by atoms with Crippen molar-refractivity contribution < 1.29 is 19.3 Å². The molecule has 1 saturated heterocycles. The molecule has 1 aliphatic rings. The third kappa shape index (κ3) is 15.0. The predicted molar refractivity (Wildman–Crippen MR) is 106 cm³/mol. The van der Waals surface area contributed by atoms with Gasteiger partial charge in [0.2, 0.25) is 0 Å². The molecule has 1 heterocycles. The third-order valence-corrected chi connectivity index (χ3v) is 5.02. The van der Waals surface area contributed by atoms with Crippen molar-refractivity contribution in [3.63, 3.8) is 0 Å². The minimum Gasteiger partial charge on any atom is -0.379 e. The number of rotatable bonds is 14. The van der Waals surface area contributed by atoms with Crippen LogP contribution >= 0.6 is 0 Å². The molecule has 0 bridgehead atoms. The van der Waals surface area contributed by atoms with Gasteiger partial charge in [0, 0.05) is 26.2 Å². The maximum absolute atomic E-state index is 11.4. The van der Waals surface area contributed by atoms with E-state index in [1.165, 1.54) is 64.2 Å². The number of ether oxygens (including phenoxy) is 3. The molecule has 0 aliphatic carbocycles. The SMILES string of the molecule is [CH2]CCCCCCCCCCCCCOC1CCOCC([O])CCOC1. The van der Waals surface area contributed by atoms with Crippen LogP contribution in [0.25, 0.3) is 0 Å². The van der Waals surface area contributed by atoms with E-state index in [4.69, 9.17) is 14.2 Å². The molecular weight excluding hydrogens is 328 g/mol. The van der Waals surface area contributed by atoms with Crippen molar-refractivity contribution >= 4 is 0 Å². The largest absolute Gasteiger partial charge is 0.379 e. The second-order valence-electron chi connectivity index (χ2n) is 7.58. The summed E-state index contributed by atoms with van der Waals surface area (Å²) in [4.78, 5) is 0. The van der Waals surface area contributed by atoms with E-state index in [9.17, 15) is 5.11 Å². The molecule has 0 N–H and O–H groups in total. The van der Waals surface area contributed by atoms with Crippen molar-refractivity contribution in [3.8, 4) is 0 Å². The van der Waals surface area contributed by atoms with Crippen LogP contribution in [0.2, 0.25) is 0 Å². The Morgan fingerprint density at radius 2 is 1.27 bits per heavy atom. The minimum absolute atomic E-state index is 0.113. The van der Waals surface area contributed by atoms with Crippen molar-refractivity contribution in [2.45, 2.75) is 102 Å². The summed E-state index contributed by atoms with van der Waals surface area (Å²) in [6.45, 7) is 6.70. The van der Waals surface area contributed by atoms with Gasteiger partial charge in [-0.05, 0) is 12.8 Å². The molecule has 1 rings (SSSR count). The van der Waals surface area contributed by atoms with E-state index in [1.54, 1.807) is 0 Å². The Morgan fingerprint density at radius 1 is 0.731 bits per heavy atom.